The molecule has 0 fully saturated rings. The number of anilines is 1. The Morgan fingerprint density at radius 3 is 2.79 bits per heavy atom. The van der Waals surface area contributed by atoms with Crippen LogP contribution in [0.1, 0.15) is 23.0 Å². The number of hydrogen-bond donors (Lipinski definition) is 2. The maximum absolute atomic E-state index is 12.3. The number of primary amides is 1. The van der Waals surface area contributed by atoms with Gasteiger partial charge in [0, 0.05) is 18.1 Å². The minimum atomic E-state index is -0.502. The number of thiazole rings is 1. The van der Waals surface area contributed by atoms with Gasteiger partial charge in [-0.25, -0.2) is 4.98 Å². The highest BCUT2D eigenvalue weighted by atomic mass is 32.2. The number of nitrogens with one attached hydrogen (secondary N) is 1. The molecule has 3 N–H and O–H groups in total. The third-order valence-electron chi connectivity index (χ3n) is 2.65. The first-order valence-electron chi connectivity index (χ1n) is 6.85. The van der Waals surface area contributed by atoms with E-state index in [1.54, 1.807) is 29.6 Å². The van der Waals surface area contributed by atoms with Crippen LogP contribution in [0, 0.1) is 0 Å². The highest BCUT2D eigenvalue weighted by Crippen LogP contribution is 2.23. The molecule has 2 rings (SSSR count). The standard InChI is InChI=1S/C15H15N3O4S2/c1-9(19)22-12-5-3-2-4-11(12)14(21)18-15-17-10(7-24-15)6-23-8-13(16)20/h2-5,7H,6,8H2,1H3,(H2,16,20)(H,17,18,21). The van der Waals surface area contributed by atoms with Crippen LogP contribution in [0.25, 0.3) is 0 Å². The van der Waals surface area contributed by atoms with E-state index in [1.165, 1.54) is 30.0 Å². The fraction of sp³-hybridized carbons (Fsp3) is 0.200. The molecule has 126 valence electrons. The van der Waals surface area contributed by atoms with Crippen LogP contribution in [-0.2, 0) is 15.3 Å². The molecule has 0 saturated carbocycles. The lowest BCUT2D eigenvalue weighted by molar-refractivity contribution is -0.131. The monoisotopic (exact) mass is 365 g/mol. The van der Waals surface area contributed by atoms with Gasteiger partial charge in [0.15, 0.2) is 5.13 Å². The minimum absolute atomic E-state index is 0.191. The molecule has 9 heteroatoms. The predicted molar refractivity (Wildman–Crippen MR) is 93.2 cm³/mol. The maximum atomic E-state index is 12.3. The Morgan fingerprint density at radius 2 is 2.08 bits per heavy atom. The van der Waals surface area contributed by atoms with Gasteiger partial charge in [-0.3, -0.25) is 19.7 Å². The van der Waals surface area contributed by atoms with E-state index < -0.39 is 11.9 Å². The Morgan fingerprint density at radius 1 is 1.33 bits per heavy atom. The Kier molecular flexibility index (Phi) is 6.33. The second-order valence-electron chi connectivity index (χ2n) is 4.65. The molecule has 0 saturated heterocycles. The van der Waals surface area contributed by atoms with Crippen LogP contribution in [0.2, 0.25) is 0 Å². The van der Waals surface area contributed by atoms with Gasteiger partial charge in [0.25, 0.3) is 5.91 Å². The summed E-state index contributed by atoms with van der Waals surface area (Å²) >= 11 is 2.62. The van der Waals surface area contributed by atoms with E-state index >= 15 is 0 Å². The second-order valence-corrected chi connectivity index (χ2v) is 6.49. The fourth-order valence-corrected chi connectivity index (χ4v) is 3.22. The van der Waals surface area contributed by atoms with Crippen molar-refractivity contribution in [2.75, 3.05) is 11.1 Å². The van der Waals surface area contributed by atoms with Crippen molar-refractivity contribution in [1.29, 1.82) is 0 Å². The van der Waals surface area contributed by atoms with Gasteiger partial charge in [-0.2, -0.15) is 0 Å². The number of ether oxygens (including phenoxy) is 1. The summed E-state index contributed by atoms with van der Waals surface area (Å²) in [6.07, 6.45) is 0. The molecule has 0 aliphatic carbocycles. The van der Waals surface area contributed by atoms with Crippen LogP contribution in [-0.4, -0.2) is 28.5 Å². The summed E-state index contributed by atoms with van der Waals surface area (Å²) in [5.74, 6) is -0.369. The van der Waals surface area contributed by atoms with E-state index in [0.717, 1.165) is 5.69 Å². The number of para-hydroxylation sites is 1. The van der Waals surface area contributed by atoms with Crippen LogP contribution in [0.3, 0.4) is 0 Å². The SMILES string of the molecule is CC(=O)Oc1ccccc1C(=O)Nc1nc(CSCC(N)=O)cs1. The number of carbonyl (C=O) groups excluding carboxylic acids is 3. The number of nitrogens with zero attached hydrogens (tertiary/aromatic N) is 1. The molecular formula is C15H15N3O4S2. The van der Waals surface area contributed by atoms with Crippen LogP contribution >= 0.6 is 23.1 Å². The van der Waals surface area contributed by atoms with Gasteiger partial charge < -0.3 is 10.5 Å². The van der Waals surface area contributed by atoms with E-state index in [2.05, 4.69) is 10.3 Å². The number of amides is 2. The molecule has 0 unspecified atom stereocenters. The van der Waals surface area contributed by atoms with Crippen LogP contribution in [0.5, 0.6) is 5.75 Å². The molecule has 0 aliphatic rings. The first-order valence-corrected chi connectivity index (χ1v) is 8.88. The van der Waals surface area contributed by atoms with Crippen molar-refractivity contribution in [1.82, 2.24) is 4.98 Å². The van der Waals surface area contributed by atoms with Gasteiger partial charge >= 0.3 is 5.97 Å². The Balaban J connectivity index is 2.01. The lowest BCUT2D eigenvalue weighted by atomic mass is 10.2. The fourth-order valence-electron chi connectivity index (χ4n) is 1.75. The topological polar surface area (TPSA) is 111 Å². The summed E-state index contributed by atoms with van der Waals surface area (Å²) in [6.45, 7) is 1.27. The zero-order valence-electron chi connectivity index (χ0n) is 12.8. The number of rotatable bonds is 7. The summed E-state index contributed by atoms with van der Waals surface area (Å²) in [7, 11) is 0. The van der Waals surface area contributed by atoms with Crippen LogP contribution in [0.15, 0.2) is 29.6 Å². The van der Waals surface area contributed by atoms with Crippen molar-refractivity contribution in [3.63, 3.8) is 0 Å². The van der Waals surface area contributed by atoms with Crippen molar-refractivity contribution in [3.05, 3.63) is 40.9 Å². The van der Waals surface area contributed by atoms with E-state index in [0.29, 0.717) is 10.9 Å². The van der Waals surface area contributed by atoms with Crippen molar-refractivity contribution in [2.24, 2.45) is 5.73 Å². The molecule has 1 aromatic carbocycles. The normalized spacial score (nSPS) is 10.2. The van der Waals surface area contributed by atoms with Gasteiger partial charge in [-0.15, -0.1) is 23.1 Å². The first kappa shape index (κ1) is 18.0. The number of benzene rings is 1. The van der Waals surface area contributed by atoms with Gasteiger partial charge in [-0.05, 0) is 12.1 Å². The Hall–Kier alpha value is -2.39. The molecular weight excluding hydrogens is 350 g/mol. The number of nitrogens with two attached hydrogens (primary N) is 1. The van der Waals surface area contributed by atoms with Crippen molar-refractivity contribution < 1.29 is 19.1 Å². The minimum Gasteiger partial charge on any atom is -0.426 e. The zero-order chi connectivity index (χ0) is 17.5. The van der Waals surface area contributed by atoms with E-state index in [1.807, 2.05) is 0 Å². The van der Waals surface area contributed by atoms with Crippen LogP contribution in [0.4, 0.5) is 5.13 Å². The molecule has 7 nitrogen and oxygen atoms in total. The van der Waals surface area contributed by atoms with E-state index in [-0.39, 0.29) is 23.0 Å². The number of carbonyl (C=O) groups is 3. The maximum Gasteiger partial charge on any atom is 0.308 e. The smallest absolute Gasteiger partial charge is 0.308 e. The van der Waals surface area contributed by atoms with Gasteiger partial charge in [0.05, 0.1) is 17.0 Å². The van der Waals surface area contributed by atoms with Gasteiger partial charge in [0.1, 0.15) is 5.75 Å². The van der Waals surface area contributed by atoms with Crippen molar-refractivity contribution in [3.8, 4) is 5.75 Å². The Labute approximate surface area is 146 Å². The van der Waals surface area contributed by atoms with Gasteiger partial charge in [0.2, 0.25) is 5.91 Å². The summed E-state index contributed by atoms with van der Waals surface area (Å²) in [6, 6.07) is 6.46. The average Bonchev–Trinajstić information content (AvgIpc) is 2.94. The highest BCUT2D eigenvalue weighted by Gasteiger charge is 2.15. The largest absolute Gasteiger partial charge is 0.426 e. The van der Waals surface area contributed by atoms with Gasteiger partial charge in [-0.1, -0.05) is 12.1 Å². The number of hydrogen-bond acceptors (Lipinski definition) is 7. The molecule has 2 amide bonds. The molecule has 1 heterocycles. The summed E-state index contributed by atoms with van der Waals surface area (Å²) in [5.41, 5.74) is 6.06. The summed E-state index contributed by atoms with van der Waals surface area (Å²) < 4.78 is 5.02. The molecule has 0 atom stereocenters. The number of aromatic nitrogens is 1. The molecule has 0 bridgehead atoms. The van der Waals surface area contributed by atoms with Crippen molar-refractivity contribution >= 4 is 46.0 Å². The third kappa shape index (κ3) is 5.36. The molecule has 1 aromatic heterocycles. The molecule has 2 aromatic rings. The van der Waals surface area contributed by atoms with E-state index in [4.69, 9.17) is 10.5 Å². The molecule has 24 heavy (non-hydrogen) atoms. The Bertz CT molecular complexity index is 761. The first-order chi connectivity index (χ1) is 11.5. The summed E-state index contributed by atoms with van der Waals surface area (Å²) in [4.78, 5) is 38.4. The number of thioether (sulfide) groups is 1. The summed E-state index contributed by atoms with van der Waals surface area (Å²) in [5, 5.41) is 4.88. The zero-order valence-corrected chi connectivity index (χ0v) is 14.4. The quantitative estimate of drug-likeness (QED) is 0.574. The number of esters is 1. The molecule has 0 spiro atoms. The predicted octanol–water partition coefficient (Wildman–Crippen LogP) is 2.04. The molecule has 0 radical (unpaired) electrons. The average molecular weight is 365 g/mol. The van der Waals surface area contributed by atoms with Crippen molar-refractivity contribution in [2.45, 2.75) is 12.7 Å². The van der Waals surface area contributed by atoms with Crippen LogP contribution < -0.4 is 15.8 Å². The lowest BCUT2D eigenvalue weighted by Gasteiger charge is -2.07. The lowest BCUT2D eigenvalue weighted by Crippen LogP contribution is -2.14. The second kappa shape index (κ2) is 8.46. The molecule has 0 aliphatic heterocycles. The highest BCUT2D eigenvalue weighted by molar-refractivity contribution is 7.99. The van der Waals surface area contributed by atoms with E-state index in [9.17, 15) is 14.4 Å². The third-order valence-corrected chi connectivity index (χ3v) is 4.45.